The third-order valence-corrected chi connectivity index (χ3v) is 7.16. The summed E-state index contributed by atoms with van der Waals surface area (Å²) in [6.45, 7) is 1.87. The number of benzene rings is 1. The number of hydrogen-bond acceptors (Lipinski definition) is 5. The lowest BCUT2D eigenvalue weighted by atomic mass is 9.92. The number of primary sulfonamides is 1. The quantitative estimate of drug-likeness (QED) is 0.679. The Bertz CT molecular complexity index is 1250. The van der Waals surface area contributed by atoms with Crippen LogP contribution in [-0.4, -0.2) is 23.2 Å². The summed E-state index contributed by atoms with van der Waals surface area (Å²) in [6, 6.07) is 5.97. The van der Waals surface area contributed by atoms with Crippen LogP contribution in [0.4, 0.5) is 5.69 Å². The SMILES string of the molecule is Cc1cc2c(cc1C#N)c(-c1cncc(N)c1Cl)cn2[C@H]1C[C@H](S(N)(=O)=O)C1. The van der Waals surface area contributed by atoms with Crippen LogP contribution in [0.15, 0.2) is 30.7 Å². The highest BCUT2D eigenvalue weighted by Gasteiger charge is 2.38. The number of anilines is 1. The molecule has 1 aliphatic carbocycles. The van der Waals surface area contributed by atoms with Crippen molar-refractivity contribution in [2.24, 2.45) is 5.14 Å². The van der Waals surface area contributed by atoms with Gasteiger partial charge in [0.05, 0.1) is 33.8 Å². The fourth-order valence-electron chi connectivity index (χ4n) is 3.72. The molecular formula is C19H18ClN5O2S. The zero-order valence-corrected chi connectivity index (χ0v) is 16.6. The van der Waals surface area contributed by atoms with E-state index in [1.807, 2.05) is 29.8 Å². The summed E-state index contributed by atoms with van der Waals surface area (Å²) in [6.07, 6.45) is 5.95. The van der Waals surface area contributed by atoms with Crippen LogP contribution in [0.2, 0.25) is 5.02 Å². The molecule has 0 amide bonds. The summed E-state index contributed by atoms with van der Waals surface area (Å²) in [7, 11) is -3.54. The Morgan fingerprint density at radius 3 is 2.64 bits per heavy atom. The van der Waals surface area contributed by atoms with Gasteiger partial charge >= 0.3 is 0 Å². The summed E-state index contributed by atoms with van der Waals surface area (Å²) < 4.78 is 25.2. The summed E-state index contributed by atoms with van der Waals surface area (Å²) in [5.41, 5.74) is 10.1. The maximum absolute atomic E-state index is 11.6. The molecule has 7 nitrogen and oxygen atoms in total. The van der Waals surface area contributed by atoms with Crippen molar-refractivity contribution in [2.45, 2.75) is 31.1 Å². The highest BCUT2D eigenvalue weighted by Crippen LogP contribution is 2.43. The molecule has 1 fully saturated rings. The van der Waals surface area contributed by atoms with Gasteiger partial charge in [0.1, 0.15) is 0 Å². The molecule has 0 bridgehead atoms. The predicted molar refractivity (Wildman–Crippen MR) is 109 cm³/mol. The predicted octanol–water partition coefficient (Wildman–Crippen LogP) is 3.11. The normalized spacial score (nSPS) is 19.4. The van der Waals surface area contributed by atoms with E-state index in [4.69, 9.17) is 22.5 Å². The van der Waals surface area contributed by atoms with Gasteiger partial charge < -0.3 is 10.3 Å². The summed E-state index contributed by atoms with van der Waals surface area (Å²) in [4.78, 5) is 4.14. The lowest BCUT2D eigenvalue weighted by molar-refractivity contribution is 0.321. The van der Waals surface area contributed by atoms with E-state index in [2.05, 4.69) is 11.1 Å². The third-order valence-electron chi connectivity index (χ3n) is 5.42. The van der Waals surface area contributed by atoms with Crippen LogP contribution < -0.4 is 10.9 Å². The van der Waals surface area contributed by atoms with Crippen LogP contribution in [0.5, 0.6) is 0 Å². The Morgan fingerprint density at radius 1 is 1.29 bits per heavy atom. The molecule has 0 aliphatic heterocycles. The monoisotopic (exact) mass is 415 g/mol. The molecule has 0 spiro atoms. The van der Waals surface area contributed by atoms with Gasteiger partial charge in [0, 0.05) is 40.5 Å². The Kier molecular flexibility index (Phi) is 4.34. The van der Waals surface area contributed by atoms with Gasteiger partial charge in [-0.2, -0.15) is 5.26 Å². The number of rotatable bonds is 3. The first kappa shape index (κ1) is 18.7. The Morgan fingerprint density at radius 2 is 2.00 bits per heavy atom. The second-order valence-electron chi connectivity index (χ2n) is 7.17. The molecule has 0 radical (unpaired) electrons. The van der Waals surface area contributed by atoms with Gasteiger partial charge in [-0.3, -0.25) is 4.98 Å². The first-order chi connectivity index (χ1) is 13.2. The zero-order valence-electron chi connectivity index (χ0n) is 15.1. The molecule has 2 aromatic heterocycles. The van der Waals surface area contributed by atoms with Crippen LogP contribution in [0.25, 0.3) is 22.0 Å². The van der Waals surface area contributed by atoms with Crippen molar-refractivity contribution >= 4 is 38.2 Å². The smallest absolute Gasteiger partial charge is 0.212 e. The molecule has 1 aliphatic rings. The van der Waals surface area contributed by atoms with Gasteiger partial charge in [0.15, 0.2) is 0 Å². The standard InChI is InChI=1S/C19H18ClN5O2S/c1-10-2-18-14(3-11(10)6-21)16(15-7-24-8-17(22)19(15)20)9-25(18)12-4-13(5-12)28(23,26)27/h2-3,7-9,12-13H,4-5,22H2,1H3,(H2,23,26,27)/t12-,13-. The van der Waals surface area contributed by atoms with Crippen molar-refractivity contribution in [3.8, 4) is 17.2 Å². The second kappa shape index (κ2) is 6.48. The first-order valence-corrected chi connectivity index (χ1v) is 10.7. The van der Waals surface area contributed by atoms with Crippen molar-refractivity contribution in [1.82, 2.24) is 9.55 Å². The molecule has 144 valence electrons. The molecule has 4 N–H and O–H groups in total. The minimum absolute atomic E-state index is 0.000274. The van der Waals surface area contributed by atoms with E-state index >= 15 is 0 Å². The van der Waals surface area contributed by atoms with E-state index in [-0.39, 0.29) is 6.04 Å². The molecule has 28 heavy (non-hydrogen) atoms. The maximum atomic E-state index is 11.6. The Labute approximate surface area is 167 Å². The van der Waals surface area contributed by atoms with Gasteiger partial charge in [0.2, 0.25) is 10.0 Å². The molecule has 1 saturated carbocycles. The van der Waals surface area contributed by atoms with Crippen LogP contribution in [-0.2, 0) is 10.0 Å². The number of sulfonamides is 1. The van der Waals surface area contributed by atoms with Crippen molar-refractivity contribution in [1.29, 1.82) is 5.26 Å². The average molecular weight is 416 g/mol. The Hall–Kier alpha value is -2.60. The molecule has 0 atom stereocenters. The molecule has 4 rings (SSSR count). The zero-order chi connectivity index (χ0) is 20.2. The number of nitrogens with zero attached hydrogens (tertiary/aromatic N) is 3. The lowest BCUT2D eigenvalue weighted by Gasteiger charge is -2.35. The summed E-state index contributed by atoms with van der Waals surface area (Å²) in [5, 5.41) is 15.4. The van der Waals surface area contributed by atoms with Crippen LogP contribution in [0, 0.1) is 18.3 Å². The number of nitrogen functional groups attached to an aromatic ring is 1. The van der Waals surface area contributed by atoms with Gasteiger partial charge in [-0.15, -0.1) is 0 Å². The van der Waals surface area contributed by atoms with E-state index in [1.54, 1.807) is 6.20 Å². The molecular weight excluding hydrogens is 398 g/mol. The van der Waals surface area contributed by atoms with E-state index < -0.39 is 15.3 Å². The first-order valence-electron chi connectivity index (χ1n) is 8.67. The van der Waals surface area contributed by atoms with Crippen molar-refractivity contribution in [3.05, 3.63) is 46.9 Å². The van der Waals surface area contributed by atoms with Crippen molar-refractivity contribution in [2.75, 3.05) is 5.73 Å². The summed E-state index contributed by atoms with van der Waals surface area (Å²) >= 11 is 6.42. The fourth-order valence-corrected chi connectivity index (χ4v) is 4.90. The van der Waals surface area contributed by atoms with Gasteiger partial charge in [-0.1, -0.05) is 11.6 Å². The summed E-state index contributed by atoms with van der Waals surface area (Å²) in [5.74, 6) is 0. The van der Waals surface area contributed by atoms with Crippen LogP contribution in [0.3, 0.4) is 0 Å². The number of pyridine rings is 1. The third kappa shape index (κ3) is 2.92. The number of halogens is 1. The minimum Gasteiger partial charge on any atom is -0.396 e. The van der Waals surface area contributed by atoms with Crippen LogP contribution in [0.1, 0.15) is 30.0 Å². The molecule has 3 aromatic rings. The number of nitriles is 1. The second-order valence-corrected chi connectivity index (χ2v) is 9.40. The van der Waals surface area contributed by atoms with Crippen molar-refractivity contribution < 1.29 is 8.42 Å². The number of fused-ring (bicyclic) bond motifs is 1. The fraction of sp³-hybridized carbons (Fsp3) is 0.263. The topological polar surface area (TPSA) is 128 Å². The van der Waals surface area contributed by atoms with Gasteiger partial charge in [-0.05, 0) is 37.5 Å². The highest BCUT2D eigenvalue weighted by molar-refractivity contribution is 7.89. The largest absolute Gasteiger partial charge is 0.396 e. The van der Waals surface area contributed by atoms with Crippen LogP contribution >= 0.6 is 11.6 Å². The van der Waals surface area contributed by atoms with Crippen molar-refractivity contribution in [3.63, 3.8) is 0 Å². The number of hydrogen-bond donors (Lipinski definition) is 2. The van der Waals surface area contributed by atoms with E-state index in [1.165, 1.54) is 6.20 Å². The lowest BCUT2D eigenvalue weighted by Crippen LogP contribution is -2.40. The maximum Gasteiger partial charge on any atom is 0.212 e. The molecule has 9 heteroatoms. The number of aromatic nitrogens is 2. The van der Waals surface area contributed by atoms with E-state index in [9.17, 15) is 13.7 Å². The van der Waals surface area contributed by atoms with Gasteiger partial charge in [-0.25, -0.2) is 13.6 Å². The number of nitrogens with two attached hydrogens (primary N) is 2. The molecule has 0 unspecified atom stereocenters. The average Bonchev–Trinajstić information content (AvgIpc) is 2.92. The highest BCUT2D eigenvalue weighted by atomic mass is 35.5. The Balaban J connectivity index is 1.91. The molecule has 0 saturated heterocycles. The van der Waals surface area contributed by atoms with E-state index in [0.717, 1.165) is 22.0 Å². The number of aryl methyl sites for hydroxylation is 1. The molecule has 2 heterocycles. The minimum atomic E-state index is -3.54. The van der Waals surface area contributed by atoms with E-state index in [0.29, 0.717) is 34.7 Å². The molecule has 1 aromatic carbocycles. The van der Waals surface area contributed by atoms with Gasteiger partial charge in [0.25, 0.3) is 0 Å².